The Morgan fingerprint density at radius 3 is 2.48 bits per heavy atom. The maximum atomic E-state index is 12.5. The fourth-order valence-electron chi connectivity index (χ4n) is 1.90. The van der Waals surface area contributed by atoms with Crippen molar-refractivity contribution in [1.82, 2.24) is 0 Å². The molecule has 0 aromatic heterocycles. The number of rotatable bonds is 4. The molecule has 0 spiro atoms. The Bertz CT molecular complexity index is 795. The summed E-state index contributed by atoms with van der Waals surface area (Å²) in [6, 6.07) is 7.58. The molecule has 0 fully saturated rings. The van der Waals surface area contributed by atoms with Crippen LogP contribution in [0.1, 0.15) is 20.7 Å². The van der Waals surface area contributed by atoms with Gasteiger partial charge in [-0.25, -0.2) is 4.79 Å². The number of hydrogen-bond acceptors (Lipinski definition) is 3. The predicted molar refractivity (Wildman–Crippen MR) is 94.8 cm³/mol. The second kappa shape index (κ2) is 7.33. The van der Waals surface area contributed by atoms with Crippen LogP contribution in [0.15, 0.2) is 39.3 Å². The normalized spacial score (nSPS) is 10.3. The molecule has 0 aliphatic carbocycles. The largest absolute Gasteiger partial charge is 0.495 e. The fraction of sp³-hybridized carbons (Fsp3) is 0.0667. The van der Waals surface area contributed by atoms with Gasteiger partial charge in [0.25, 0.3) is 5.91 Å². The zero-order chi connectivity index (χ0) is 17.1. The molecule has 0 aliphatic rings. The number of anilines is 1. The van der Waals surface area contributed by atoms with E-state index in [0.29, 0.717) is 25.9 Å². The lowest BCUT2D eigenvalue weighted by molar-refractivity contribution is 0.0696. The SMILES string of the molecule is COc1c(Br)cc(Br)cc1C(=O)Nc1ccc(Cl)c(C(=O)O)c1. The first-order chi connectivity index (χ1) is 10.8. The smallest absolute Gasteiger partial charge is 0.337 e. The van der Waals surface area contributed by atoms with Crippen LogP contribution in [0.3, 0.4) is 0 Å². The molecule has 2 rings (SSSR count). The van der Waals surface area contributed by atoms with Gasteiger partial charge in [-0.3, -0.25) is 4.79 Å². The van der Waals surface area contributed by atoms with Crippen LogP contribution in [0.2, 0.25) is 5.02 Å². The van der Waals surface area contributed by atoms with Gasteiger partial charge in [-0.2, -0.15) is 0 Å². The number of carboxylic acids is 1. The number of carbonyl (C=O) groups is 2. The van der Waals surface area contributed by atoms with Crippen LogP contribution in [0.5, 0.6) is 5.75 Å². The molecule has 0 unspecified atom stereocenters. The number of carbonyl (C=O) groups excluding carboxylic acids is 1. The third kappa shape index (κ3) is 4.04. The first kappa shape index (κ1) is 17.8. The quantitative estimate of drug-likeness (QED) is 0.682. The van der Waals surface area contributed by atoms with Crippen LogP contribution in [-0.4, -0.2) is 24.1 Å². The summed E-state index contributed by atoms with van der Waals surface area (Å²) in [6.45, 7) is 0. The van der Waals surface area contributed by atoms with Crippen molar-refractivity contribution in [2.24, 2.45) is 0 Å². The van der Waals surface area contributed by atoms with Crippen molar-refractivity contribution in [3.05, 3.63) is 55.4 Å². The average Bonchev–Trinajstić information content (AvgIpc) is 2.48. The molecule has 0 saturated heterocycles. The van der Waals surface area contributed by atoms with Crippen LogP contribution in [-0.2, 0) is 0 Å². The molecule has 0 heterocycles. The zero-order valence-corrected chi connectivity index (χ0v) is 15.6. The van der Waals surface area contributed by atoms with E-state index in [1.54, 1.807) is 12.1 Å². The van der Waals surface area contributed by atoms with Crippen molar-refractivity contribution in [2.45, 2.75) is 0 Å². The summed E-state index contributed by atoms with van der Waals surface area (Å²) < 4.78 is 6.53. The maximum Gasteiger partial charge on any atom is 0.337 e. The lowest BCUT2D eigenvalue weighted by atomic mass is 10.1. The van der Waals surface area contributed by atoms with Crippen molar-refractivity contribution in [2.75, 3.05) is 12.4 Å². The van der Waals surface area contributed by atoms with Gasteiger partial charge in [-0.15, -0.1) is 0 Å². The molecule has 8 heteroatoms. The minimum atomic E-state index is -1.17. The minimum absolute atomic E-state index is 0.0909. The average molecular weight is 464 g/mol. The van der Waals surface area contributed by atoms with E-state index in [0.717, 1.165) is 0 Å². The zero-order valence-electron chi connectivity index (χ0n) is 11.7. The van der Waals surface area contributed by atoms with E-state index in [1.165, 1.54) is 25.3 Å². The standard InChI is InChI=1S/C15H10Br2ClNO4/c1-23-13-10(4-7(16)5-11(13)17)14(20)19-8-2-3-12(18)9(6-8)15(21)22/h2-6H,1H3,(H,19,20)(H,21,22). The molecule has 0 radical (unpaired) electrons. The summed E-state index contributed by atoms with van der Waals surface area (Å²) in [4.78, 5) is 23.5. The van der Waals surface area contributed by atoms with Gasteiger partial charge in [-0.05, 0) is 46.3 Å². The van der Waals surface area contributed by atoms with Gasteiger partial charge in [0.1, 0.15) is 5.75 Å². The van der Waals surface area contributed by atoms with Crippen LogP contribution >= 0.6 is 43.5 Å². The number of carboxylic acid groups (broad SMARTS) is 1. The van der Waals surface area contributed by atoms with Crippen molar-refractivity contribution >= 4 is 61.0 Å². The lowest BCUT2D eigenvalue weighted by Gasteiger charge is -2.12. The summed E-state index contributed by atoms with van der Waals surface area (Å²) in [7, 11) is 1.45. The van der Waals surface area contributed by atoms with E-state index < -0.39 is 11.9 Å². The molecule has 1 amide bonds. The highest BCUT2D eigenvalue weighted by molar-refractivity contribution is 9.11. The van der Waals surface area contributed by atoms with Gasteiger partial charge in [0, 0.05) is 10.2 Å². The molecule has 0 atom stereocenters. The predicted octanol–water partition coefficient (Wildman–Crippen LogP) is 4.82. The third-order valence-electron chi connectivity index (χ3n) is 2.91. The van der Waals surface area contributed by atoms with Crippen molar-refractivity contribution in [3.8, 4) is 5.75 Å². The number of methoxy groups -OCH3 is 1. The monoisotopic (exact) mass is 461 g/mol. The Balaban J connectivity index is 2.37. The molecular formula is C15H10Br2ClNO4. The third-order valence-corrected chi connectivity index (χ3v) is 4.29. The molecule has 0 bridgehead atoms. The Morgan fingerprint density at radius 2 is 1.87 bits per heavy atom. The summed E-state index contributed by atoms with van der Waals surface area (Å²) >= 11 is 12.4. The number of nitrogens with one attached hydrogen (secondary N) is 1. The van der Waals surface area contributed by atoms with Gasteiger partial charge in [-0.1, -0.05) is 27.5 Å². The molecule has 0 aliphatic heterocycles. The summed E-state index contributed by atoms with van der Waals surface area (Å²) in [5, 5.41) is 11.8. The van der Waals surface area contributed by atoms with Crippen LogP contribution in [0, 0.1) is 0 Å². The van der Waals surface area contributed by atoms with E-state index in [-0.39, 0.29) is 10.6 Å². The number of amides is 1. The van der Waals surface area contributed by atoms with E-state index in [9.17, 15) is 9.59 Å². The van der Waals surface area contributed by atoms with Crippen LogP contribution in [0.4, 0.5) is 5.69 Å². The Kier molecular flexibility index (Phi) is 5.67. The first-order valence-electron chi connectivity index (χ1n) is 6.20. The number of aromatic carboxylic acids is 1. The second-order valence-corrected chi connectivity index (χ2v) is 6.60. The van der Waals surface area contributed by atoms with Gasteiger partial charge >= 0.3 is 5.97 Å². The van der Waals surface area contributed by atoms with E-state index in [1.807, 2.05) is 0 Å². The van der Waals surface area contributed by atoms with E-state index in [4.69, 9.17) is 21.4 Å². The topological polar surface area (TPSA) is 75.6 Å². The highest BCUT2D eigenvalue weighted by Gasteiger charge is 2.17. The van der Waals surface area contributed by atoms with Crippen LogP contribution < -0.4 is 10.1 Å². The van der Waals surface area contributed by atoms with Gasteiger partial charge in [0.15, 0.2) is 0 Å². The molecule has 120 valence electrons. The molecule has 2 aromatic rings. The van der Waals surface area contributed by atoms with Gasteiger partial charge in [0.2, 0.25) is 0 Å². The number of benzene rings is 2. The van der Waals surface area contributed by atoms with E-state index in [2.05, 4.69) is 37.2 Å². The van der Waals surface area contributed by atoms with Gasteiger partial charge < -0.3 is 15.2 Å². The molecule has 2 N–H and O–H groups in total. The van der Waals surface area contributed by atoms with Crippen molar-refractivity contribution in [1.29, 1.82) is 0 Å². The van der Waals surface area contributed by atoms with Crippen molar-refractivity contribution in [3.63, 3.8) is 0 Å². The number of ether oxygens (including phenoxy) is 1. The van der Waals surface area contributed by atoms with E-state index >= 15 is 0 Å². The molecule has 0 saturated carbocycles. The highest BCUT2D eigenvalue weighted by atomic mass is 79.9. The highest BCUT2D eigenvalue weighted by Crippen LogP contribution is 2.33. The summed E-state index contributed by atoms with van der Waals surface area (Å²) in [5.74, 6) is -1.24. The van der Waals surface area contributed by atoms with Crippen LogP contribution in [0.25, 0.3) is 0 Å². The molecular weight excluding hydrogens is 453 g/mol. The first-order valence-corrected chi connectivity index (χ1v) is 8.17. The van der Waals surface area contributed by atoms with Crippen molar-refractivity contribution < 1.29 is 19.4 Å². The number of halogens is 3. The Hall–Kier alpha value is -1.57. The van der Waals surface area contributed by atoms with Gasteiger partial charge in [0.05, 0.1) is 27.7 Å². The molecule has 2 aromatic carbocycles. The lowest BCUT2D eigenvalue weighted by Crippen LogP contribution is -2.14. The second-order valence-electron chi connectivity index (χ2n) is 4.42. The molecule has 23 heavy (non-hydrogen) atoms. The number of hydrogen-bond donors (Lipinski definition) is 2. The summed E-state index contributed by atoms with van der Waals surface area (Å²) in [6.07, 6.45) is 0. The minimum Gasteiger partial charge on any atom is -0.495 e. The Labute approximate surface area is 153 Å². The molecule has 5 nitrogen and oxygen atoms in total. The summed E-state index contributed by atoms with van der Waals surface area (Å²) in [5.41, 5.74) is 0.516. The Morgan fingerprint density at radius 1 is 1.17 bits per heavy atom. The fourth-order valence-corrected chi connectivity index (χ4v) is 3.49. The maximum absolute atomic E-state index is 12.5.